The first-order chi connectivity index (χ1) is 6.80. The molecule has 0 heterocycles. The third kappa shape index (κ3) is 1.08. The van der Waals surface area contributed by atoms with Gasteiger partial charge in [0.15, 0.2) is 0 Å². The van der Waals surface area contributed by atoms with Gasteiger partial charge in [0.1, 0.15) is 0 Å². The molecule has 0 nitrogen and oxygen atoms in total. The van der Waals surface area contributed by atoms with E-state index in [-0.39, 0.29) is 0 Å². The van der Waals surface area contributed by atoms with E-state index in [9.17, 15) is 0 Å². The molecule has 2 aliphatic carbocycles. The number of hydrogen-bond acceptors (Lipinski definition) is 0. The van der Waals surface area contributed by atoms with Crippen molar-refractivity contribution < 1.29 is 0 Å². The normalized spacial score (nSPS) is 29.4. The highest BCUT2D eigenvalue weighted by Crippen LogP contribution is 2.57. The Balaban J connectivity index is 2.74. The summed E-state index contributed by atoms with van der Waals surface area (Å²) in [6.45, 7) is 16.3. The first-order valence-electron chi connectivity index (χ1n) is 5.90. The minimum Gasteiger partial charge on any atom is -0.0618 e. The van der Waals surface area contributed by atoms with Crippen molar-refractivity contribution in [3.63, 3.8) is 0 Å². The zero-order valence-corrected chi connectivity index (χ0v) is 11.1. The maximum absolute atomic E-state index is 2.39. The van der Waals surface area contributed by atoms with Crippen LogP contribution in [0, 0.1) is 11.3 Å². The quantitative estimate of drug-likeness (QED) is 0.536. The van der Waals surface area contributed by atoms with Crippen molar-refractivity contribution in [2.45, 2.75) is 48.5 Å². The van der Waals surface area contributed by atoms with Gasteiger partial charge in [0, 0.05) is 0 Å². The fourth-order valence-electron chi connectivity index (χ4n) is 3.30. The molecule has 0 aromatic rings. The van der Waals surface area contributed by atoms with Gasteiger partial charge in [-0.1, -0.05) is 26.3 Å². The lowest BCUT2D eigenvalue weighted by Gasteiger charge is -2.28. The van der Waals surface area contributed by atoms with Crippen molar-refractivity contribution >= 4 is 0 Å². The van der Waals surface area contributed by atoms with E-state index in [4.69, 9.17) is 0 Å². The second-order valence-electron chi connectivity index (χ2n) is 5.75. The maximum Gasteiger partial charge on any atom is -0.00319 e. The molecule has 1 atom stereocenters. The molecule has 0 saturated carbocycles. The summed E-state index contributed by atoms with van der Waals surface area (Å²) in [5, 5.41) is 0. The number of hydrogen-bond donors (Lipinski definition) is 0. The zero-order valence-electron chi connectivity index (χ0n) is 11.1. The van der Waals surface area contributed by atoms with Crippen LogP contribution in [0.5, 0.6) is 0 Å². The third-order valence-electron chi connectivity index (χ3n) is 4.90. The van der Waals surface area contributed by atoms with Gasteiger partial charge in [-0.2, -0.15) is 0 Å². The van der Waals surface area contributed by atoms with Gasteiger partial charge in [0.05, 0.1) is 0 Å². The number of allylic oxidation sites excluding steroid dienone is 6. The molecule has 82 valence electrons. The molecule has 0 radical (unpaired) electrons. The van der Waals surface area contributed by atoms with Crippen LogP contribution < -0.4 is 0 Å². The van der Waals surface area contributed by atoms with Crippen LogP contribution in [0.15, 0.2) is 33.4 Å². The summed E-state index contributed by atoms with van der Waals surface area (Å²) in [6, 6.07) is 0. The summed E-state index contributed by atoms with van der Waals surface area (Å²) in [6.07, 6.45) is 0. The Labute approximate surface area is 93.8 Å². The molecule has 1 unspecified atom stereocenters. The highest BCUT2D eigenvalue weighted by Gasteiger charge is 2.44. The van der Waals surface area contributed by atoms with Gasteiger partial charge in [-0.3, -0.25) is 0 Å². The topological polar surface area (TPSA) is 0 Å². The van der Waals surface area contributed by atoms with Gasteiger partial charge in [0.25, 0.3) is 0 Å². The van der Waals surface area contributed by atoms with E-state index in [0.29, 0.717) is 11.3 Å². The van der Waals surface area contributed by atoms with Crippen LogP contribution in [0.2, 0.25) is 0 Å². The van der Waals surface area contributed by atoms with Crippen LogP contribution in [0.1, 0.15) is 48.5 Å². The Kier molecular flexibility index (Phi) is 2.05. The molecule has 0 heteroatoms. The molecule has 0 fully saturated rings. The molecular weight excluding hydrogens is 180 g/mol. The SMILES string of the molecule is CC1=C(C)C2=C(C)C(C)C(C)(C)C2=C1C. The lowest BCUT2D eigenvalue weighted by atomic mass is 9.76. The van der Waals surface area contributed by atoms with Gasteiger partial charge in [-0.05, 0) is 66.9 Å². The molecule has 0 aliphatic heterocycles. The van der Waals surface area contributed by atoms with Crippen LogP contribution in [0.4, 0.5) is 0 Å². The maximum atomic E-state index is 2.39. The van der Waals surface area contributed by atoms with Gasteiger partial charge >= 0.3 is 0 Å². The largest absolute Gasteiger partial charge is 0.0618 e. The van der Waals surface area contributed by atoms with E-state index >= 15 is 0 Å². The second kappa shape index (κ2) is 2.87. The summed E-state index contributed by atoms with van der Waals surface area (Å²) in [7, 11) is 0. The van der Waals surface area contributed by atoms with Gasteiger partial charge in [0.2, 0.25) is 0 Å². The summed E-state index contributed by atoms with van der Waals surface area (Å²) in [5.74, 6) is 0.681. The molecule has 0 N–H and O–H groups in total. The van der Waals surface area contributed by atoms with Crippen molar-refractivity contribution in [2.75, 3.05) is 0 Å². The van der Waals surface area contributed by atoms with Crippen LogP contribution in [-0.4, -0.2) is 0 Å². The van der Waals surface area contributed by atoms with E-state index < -0.39 is 0 Å². The van der Waals surface area contributed by atoms with E-state index in [2.05, 4.69) is 48.5 Å². The highest BCUT2D eigenvalue weighted by molar-refractivity contribution is 5.68. The number of rotatable bonds is 0. The molecule has 0 bridgehead atoms. The summed E-state index contributed by atoms with van der Waals surface area (Å²) in [5.41, 5.74) is 9.63. The van der Waals surface area contributed by atoms with E-state index in [1.807, 2.05) is 0 Å². The van der Waals surface area contributed by atoms with Gasteiger partial charge < -0.3 is 0 Å². The molecule has 0 amide bonds. The zero-order chi connectivity index (χ0) is 11.5. The van der Waals surface area contributed by atoms with Crippen LogP contribution in [0.25, 0.3) is 0 Å². The van der Waals surface area contributed by atoms with Gasteiger partial charge in [-0.25, -0.2) is 0 Å². The fourth-order valence-corrected chi connectivity index (χ4v) is 3.30. The number of fused-ring (bicyclic) bond motifs is 1. The third-order valence-corrected chi connectivity index (χ3v) is 4.90. The molecule has 0 spiro atoms. The van der Waals surface area contributed by atoms with Gasteiger partial charge in [-0.15, -0.1) is 0 Å². The Hall–Kier alpha value is -0.780. The molecule has 0 saturated heterocycles. The van der Waals surface area contributed by atoms with Crippen LogP contribution >= 0.6 is 0 Å². The van der Waals surface area contributed by atoms with Crippen molar-refractivity contribution in [3.8, 4) is 0 Å². The molecule has 2 rings (SSSR count). The van der Waals surface area contributed by atoms with E-state index in [0.717, 1.165) is 0 Å². The summed E-state index contributed by atoms with van der Waals surface area (Å²) >= 11 is 0. The first-order valence-corrected chi connectivity index (χ1v) is 5.90. The van der Waals surface area contributed by atoms with Crippen molar-refractivity contribution in [1.29, 1.82) is 0 Å². The summed E-state index contributed by atoms with van der Waals surface area (Å²) < 4.78 is 0. The molecule has 0 aromatic carbocycles. The average molecular weight is 202 g/mol. The Morgan fingerprint density at radius 3 is 1.87 bits per heavy atom. The molecule has 2 aliphatic rings. The van der Waals surface area contributed by atoms with Crippen molar-refractivity contribution in [1.82, 2.24) is 0 Å². The van der Waals surface area contributed by atoms with Crippen LogP contribution in [0.3, 0.4) is 0 Å². The predicted molar refractivity (Wildman–Crippen MR) is 66.7 cm³/mol. The lowest BCUT2D eigenvalue weighted by molar-refractivity contribution is 0.354. The van der Waals surface area contributed by atoms with Crippen LogP contribution in [-0.2, 0) is 0 Å². The summed E-state index contributed by atoms with van der Waals surface area (Å²) in [4.78, 5) is 0. The Morgan fingerprint density at radius 2 is 1.40 bits per heavy atom. The second-order valence-corrected chi connectivity index (χ2v) is 5.75. The first kappa shape index (κ1) is 10.7. The highest BCUT2D eigenvalue weighted by atomic mass is 14.5. The molecule has 0 aromatic heterocycles. The average Bonchev–Trinajstić information content (AvgIpc) is 2.49. The Bertz CT molecular complexity index is 425. The molecule has 15 heavy (non-hydrogen) atoms. The van der Waals surface area contributed by atoms with Crippen molar-refractivity contribution in [2.24, 2.45) is 11.3 Å². The monoisotopic (exact) mass is 202 g/mol. The van der Waals surface area contributed by atoms with Crippen molar-refractivity contribution in [3.05, 3.63) is 33.4 Å². The fraction of sp³-hybridized carbons (Fsp3) is 0.600. The Morgan fingerprint density at radius 1 is 0.867 bits per heavy atom. The predicted octanol–water partition coefficient (Wildman–Crippen LogP) is 4.65. The van der Waals surface area contributed by atoms with E-state index in [1.165, 1.54) is 16.7 Å². The lowest BCUT2D eigenvalue weighted by Crippen LogP contribution is -2.19. The smallest absolute Gasteiger partial charge is 0.00319 e. The minimum absolute atomic E-state index is 0.322. The van der Waals surface area contributed by atoms with E-state index in [1.54, 1.807) is 16.7 Å². The minimum atomic E-state index is 0.322. The molecular formula is C15H22. The standard InChI is InChI=1S/C15H22/c1-8-9(2)13-11(4)12(5)15(6,7)14(13)10(8)3/h12H,1-7H3.